The summed E-state index contributed by atoms with van der Waals surface area (Å²) in [4.78, 5) is 1.26. The summed E-state index contributed by atoms with van der Waals surface area (Å²) in [5, 5.41) is 14.7. The van der Waals surface area contributed by atoms with Gasteiger partial charge in [0.15, 0.2) is 0 Å². The monoisotopic (exact) mass is 213 g/mol. The number of aliphatic hydroxyl groups is 1. The molecule has 1 aromatic heterocycles. The lowest BCUT2D eigenvalue weighted by atomic mass is 10.1. The van der Waals surface area contributed by atoms with Crippen molar-refractivity contribution in [3.05, 3.63) is 21.9 Å². The second kappa shape index (κ2) is 5.49. The zero-order valence-corrected chi connectivity index (χ0v) is 9.90. The van der Waals surface area contributed by atoms with Crippen LogP contribution in [0.2, 0.25) is 0 Å². The summed E-state index contributed by atoms with van der Waals surface area (Å²) < 4.78 is 0. The highest BCUT2D eigenvalue weighted by molar-refractivity contribution is 7.10. The highest BCUT2D eigenvalue weighted by Crippen LogP contribution is 2.23. The Kier molecular flexibility index (Phi) is 4.58. The number of nitrogens with one attached hydrogen (secondary N) is 1. The molecule has 1 unspecified atom stereocenters. The first-order valence-electron chi connectivity index (χ1n) is 5.03. The van der Waals surface area contributed by atoms with Gasteiger partial charge in [-0.05, 0) is 36.4 Å². The van der Waals surface area contributed by atoms with Gasteiger partial charge in [0, 0.05) is 4.88 Å². The van der Waals surface area contributed by atoms with E-state index in [1.165, 1.54) is 10.4 Å². The molecule has 2 N–H and O–H groups in total. The van der Waals surface area contributed by atoms with Gasteiger partial charge in [0.25, 0.3) is 0 Å². The van der Waals surface area contributed by atoms with Crippen molar-refractivity contribution in [2.75, 3.05) is 13.2 Å². The first-order chi connectivity index (χ1) is 6.65. The van der Waals surface area contributed by atoms with Crippen LogP contribution in [0, 0.1) is 12.8 Å². The van der Waals surface area contributed by atoms with E-state index < -0.39 is 0 Å². The Balaban J connectivity index is 2.58. The van der Waals surface area contributed by atoms with E-state index in [2.05, 4.69) is 37.5 Å². The third kappa shape index (κ3) is 3.08. The maximum Gasteiger partial charge on any atom is 0.0652 e. The standard InChI is InChI=1S/C11H19NOS/c1-8(2)6-12-10(7-13)11-9(3)4-5-14-11/h4-5,8,10,12-13H,6-7H2,1-3H3. The van der Waals surface area contributed by atoms with Gasteiger partial charge < -0.3 is 10.4 Å². The quantitative estimate of drug-likeness (QED) is 0.787. The number of hydrogen-bond donors (Lipinski definition) is 2. The van der Waals surface area contributed by atoms with Gasteiger partial charge in [0.1, 0.15) is 0 Å². The zero-order valence-electron chi connectivity index (χ0n) is 9.08. The first kappa shape index (κ1) is 11.7. The van der Waals surface area contributed by atoms with E-state index in [9.17, 15) is 5.11 Å². The Bertz CT molecular complexity index is 270. The van der Waals surface area contributed by atoms with Crippen LogP contribution in [-0.2, 0) is 0 Å². The third-order valence-corrected chi connectivity index (χ3v) is 3.31. The fourth-order valence-electron chi connectivity index (χ4n) is 1.36. The SMILES string of the molecule is Cc1ccsc1C(CO)NCC(C)C. The lowest BCUT2D eigenvalue weighted by molar-refractivity contribution is 0.242. The maximum absolute atomic E-state index is 9.28. The summed E-state index contributed by atoms with van der Waals surface area (Å²) in [5.41, 5.74) is 1.27. The van der Waals surface area contributed by atoms with E-state index >= 15 is 0 Å². The topological polar surface area (TPSA) is 32.3 Å². The van der Waals surface area contributed by atoms with Gasteiger partial charge in [-0.25, -0.2) is 0 Å². The summed E-state index contributed by atoms with van der Waals surface area (Å²) in [5.74, 6) is 0.615. The van der Waals surface area contributed by atoms with E-state index in [1.54, 1.807) is 11.3 Å². The van der Waals surface area contributed by atoms with Crippen molar-refractivity contribution in [3.8, 4) is 0 Å². The van der Waals surface area contributed by atoms with Crippen LogP contribution in [0.25, 0.3) is 0 Å². The number of rotatable bonds is 5. The Labute approximate surface area is 90.0 Å². The highest BCUT2D eigenvalue weighted by atomic mass is 32.1. The molecule has 3 heteroatoms. The molecule has 1 heterocycles. The van der Waals surface area contributed by atoms with Crippen LogP contribution in [0.3, 0.4) is 0 Å². The van der Waals surface area contributed by atoms with E-state index in [1.807, 2.05) is 0 Å². The van der Waals surface area contributed by atoms with Crippen molar-refractivity contribution in [2.45, 2.75) is 26.8 Å². The van der Waals surface area contributed by atoms with E-state index in [0.29, 0.717) is 5.92 Å². The minimum absolute atomic E-state index is 0.109. The molecule has 1 atom stereocenters. The lowest BCUT2D eigenvalue weighted by Crippen LogP contribution is -2.27. The van der Waals surface area contributed by atoms with Gasteiger partial charge >= 0.3 is 0 Å². The van der Waals surface area contributed by atoms with Gasteiger partial charge in [0.2, 0.25) is 0 Å². The molecule has 0 fully saturated rings. The molecule has 0 aliphatic heterocycles. The fraction of sp³-hybridized carbons (Fsp3) is 0.636. The van der Waals surface area contributed by atoms with Crippen LogP contribution in [0.1, 0.15) is 30.3 Å². The second-order valence-corrected chi connectivity index (χ2v) is 4.95. The Morgan fingerprint density at radius 3 is 2.64 bits per heavy atom. The van der Waals surface area contributed by atoms with Crippen LogP contribution in [-0.4, -0.2) is 18.3 Å². The van der Waals surface area contributed by atoms with Gasteiger partial charge in [-0.3, -0.25) is 0 Å². The van der Waals surface area contributed by atoms with Crippen molar-refractivity contribution in [3.63, 3.8) is 0 Å². The van der Waals surface area contributed by atoms with Crippen molar-refractivity contribution in [2.24, 2.45) is 5.92 Å². The first-order valence-corrected chi connectivity index (χ1v) is 5.91. The largest absolute Gasteiger partial charge is 0.394 e. The lowest BCUT2D eigenvalue weighted by Gasteiger charge is -2.17. The van der Waals surface area contributed by atoms with Crippen LogP contribution in [0.4, 0.5) is 0 Å². The molecule has 14 heavy (non-hydrogen) atoms. The third-order valence-electron chi connectivity index (χ3n) is 2.17. The van der Waals surface area contributed by atoms with Gasteiger partial charge in [-0.1, -0.05) is 13.8 Å². The summed E-state index contributed by atoms with van der Waals surface area (Å²) in [6, 6.07) is 2.21. The Morgan fingerprint density at radius 1 is 1.50 bits per heavy atom. The van der Waals surface area contributed by atoms with Crippen molar-refractivity contribution in [1.82, 2.24) is 5.32 Å². The molecule has 2 nitrogen and oxygen atoms in total. The van der Waals surface area contributed by atoms with Crippen molar-refractivity contribution >= 4 is 11.3 Å². The predicted molar refractivity (Wildman–Crippen MR) is 61.7 cm³/mol. The highest BCUT2D eigenvalue weighted by Gasteiger charge is 2.13. The smallest absolute Gasteiger partial charge is 0.0652 e. The Hall–Kier alpha value is -0.380. The average Bonchev–Trinajstić information content (AvgIpc) is 2.53. The minimum Gasteiger partial charge on any atom is -0.394 e. The molecule has 0 amide bonds. The maximum atomic E-state index is 9.28. The molecule has 0 aliphatic carbocycles. The second-order valence-electron chi connectivity index (χ2n) is 4.01. The molecule has 0 aromatic carbocycles. The molecular weight excluding hydrogens is 194 g/mol. The molecule has 0 saturated carbocycles. The van der Waals surface area contributed by atoms with Crippen LogP contribution >= 0.6 is 11.3 Å². The molecule has 0 spiro atoms. The normalized spacial score (nSPS) is 13.5. The molecule has 0 saturated heterocycles. The summed E-state index contributed by atoms with van der Waals surface area (Å²) in [6.45, 7) is 7.55. The van der Waals surface area contributed by atoms with Gasteiger partial charge in [-0.15, -0.1) is 11.3 Å². The summed E-state index contributed by atoms with van der Waals surface area (Å²) in [7, 11) is 0. The number of aryl methyl sites for hydroxylation is 1. The van der Waals surface area contributed by atoms with Gasteiger partial charge in [0.05, 0.1) is 12.6 Å². The molecular formula is C11H19NOS. The number of hydrogen-bond acceptors (Lipinski definition) is 3. The van der Waals surface area contributed by atoms with Crippen molar-refractivity contribution < 1.29 is 5.11 Å². The number of aliphatic hydroxyl groups excluding tert-OH is 1. The number of thiophene rings is 1. The predicted octanol–water partition coefficient (Wildman–Crippen LogP) is 2.34. The molecule has 0 bridgehead atoms. The van der Waals surface area contributed by atoms with Crippen LogP contribution < -0.4 is 5.32 Å². The van der Waals surface area contributed by atoms with Crippen LogP contribution in [0.5, 0.6) is 0 Å². The minimum atomic E-state index is 0.109. The molecule has 0 radical (unpaired) electrons. The Morgan fingerprint density at radius 2 is 2.21 bits per heavy atom. The fourth-order valence-corrected chi connectivity index (χ4v) is 2.35. The zero-order chi connectivity index (χ0) is 10.6. The molecule has 1 aromatic rings. The van der Waals surface area contributed by atoms with Gasteiger partial charge in [-0.2, -0.15) is 0 Å². The molecule has 1 rings (SSSR count). The van der Waals surface area contributed by atoms with Crippen molar-refractivity contribution in [1.29, 1.82) is 0 Å². The average molecular weight is 213 g/mol. The summed E-state index contributed by atoms with van der Waals surface area (Å²) in [6.07, 6.45) is 0. The van der Waals surface area contributed by atoms with Crippen LogP contribution in [0.15, 0.2) is 11.4 Å². The molecule has 80 valence electrons. The molecule has 0 aliphatic rings. The van der Waals surface area contributed by atoms with E-state index in [0.717, 1.165) is 6.54 Å². The summed E-state index contributed by atoms with van der Waals surface area (Å²) >= 11 is 1.71. The van der Waals surface area contributed by atoms with E-state index in [-0.39, 0.29) is 12.6 Å². The van der Waals surface area contributed by atoms with E-state index in [4.69, 9.17) is 0 Å².